The highest BCUT2D eigenvalue weighted by molar-refractivity contribution is 14.0. The highest BCUT2D eigenvalue weighted by Gasteiger charge is 2.31. The van der Waals surface area contributed by atoms with Crippen molar-refractivity contribution in [1.82, 2.24) is 0 Å². The van der Waals surface area contributed by atoms with E-state index in [4.69, 9.17) is 15.2 Å². The molecule has 0 radical (unpaired) electrons. The molecular formula is C21H26IN3O2. The Balaban J connectivity index is 0.00000210. The van der Waals surface area contributed by atoms with Gasteiger partial charge in [0.15, 0.2) is 17.5 Å². The minimum Gasteiger partial charge on any atom is -0.490 e. The molecule has 1 atom stereocenters. The maximum Gasteiger partial charge on any atom is 0.193 e. The van der Waals surface area contributed by atoms with Crippen LogP contribution in [-0.2, 0) is 0 Å². The maximum atomic E-state index is 6.13. The molecule has 144 valence electrons. The van der Waals surface area contributed by atoms with Crippen LogP contribution >= 0.6 is 24.0 Å². The van der Waals surface area contributed by atoms with Gasteiger partial charge in [-0.3, -0.25) is 4.99 Å². The third kappa shape index (κ3) is 5.28. The Hall–Kier alpha value is -1.96. The topological polar surface area (TPSA) is 68.9 Å². The molecule has 2 aromatic carbocycles. The smallest absolute Gasteiger partial charge is 0.193 e. The molecule has 1 unspecified atom stereocenters. The van der Waals surface area contributed by atoms with Crippen molar-refractivity contribution in [2.24, 2.45) is 16.6 Å². The monoisotopic (exact) mass is 479 g/mol. The summed E-state index contributed by atoms with van der Waals surface area (Å²) in [6.45, 7) is 2.06. The third-order valence-corrected chi connectivity index (χ3v) is 4.90. The van der Waals surface area contributed by atoms with Crippen molar-refractivity contribution in [1.29, 1.82) is 0 Å². The molecule has 2 aliphatic rings. The van der Waals surface area contributed by atoms with Gasteiger partial charge in [-0.05, 0) is 36.5 Å². The first-order chi connectivity index (χ1) is 12.8. The minimum absolute atomic E-state index is 0. The van der Waals surface area contributed by atoms with E-state index in [1.165, 1.54) is 18.4 Å². The molecule has 4 rings (SSSR count). The first-order valence-electron chi connectivity index (χ1n) is 9.31. The van der Waals surface area contributed by atoms with Gasteiger partial charge < -0.3 is 20.5 Å². The molecule has 0 spiro atoms. The van der Waals surface area contributed by atoms with Gasteiger partial charge in [-0.1, -0.05) is 30.3 Å². The maximum absolute atomic E-state index is 6.13. The summed E-state index contributed by atoms with van der Waals surface area (Å²) in [5, 5.41) is 3.17. The normalized spacial score (nSPS) is 17.4. The molecule has 1 fully saturated rings. The molecule has 0 saturated heterocycles. The Bertz CT molecular complexity index is 778. The van der Waals surface area contributed by atoms with Crippen LogP contribution < -0.4 is 20.5 Å². The van der Waals surface area contributed by atoms with Crippen LogP contribution in [0.5, 0.6) is 11.5 Å². The van der Waals surface area contributed by atoms with Gasteiger partial charge in [0.2, 0.25) is 0 Å². The van der Waals surface area contributed by atoms with E-state index in [9.17, 15) is 0 Å². The van der Waals surface area contributed by atoms with Crippen molar-refractivity contribution in [3.63, 3.8) is 0 Å². The first-order valence-corrected chi connectivity index (χ1v) is 9.31. The SMILES string of the molecule is I.NC(=NCC(c1ccccc1)C1CC1)Nc1ccc2c(c1)OCCCO2. The van der Waals surface area contributed by atoms with E-state index in [0.717, 1.165) is 29.5 Å². The predicted molar refractivity (Wildman–Crippen MR) is 119 cm³/mol. The van der Waals surface area contributed by atoms with E-state index in [2.05, 4.69) is 40.6 Å². The van der Waals surface area contributed by atoms with E-state index in [1.54, 1.807) is 0 Å². The van der Waals surface area contributed by atoms with Crippen LogP contribution in [0.3, 0.4) is 0 Å². The summed E-state index contributed by atoms with van der Waals surface area (Å²) in [6, 6.07) is 16.4. The summed E-state index contributed by atoms with van der Waals surface area (Å²) >= 11 is 0. The minimum atomic E-state index is 0. The second-order valence-corrected chi connectivity index (χ2v) is 6.92. The number of nitrogens with zero attached hydrogens (tertiary/aromatic N) is 1. The van der Waals surface area contributed by atoms with Crippen LogP contribution in [0.25, 0.3) is 0 Å². The molecule has 27 heavy (non-hydrogen) atoms. The van der Waals surface area contributed by atoms with Gasteiger partial charge in [0.25, 0.3) is 0 Å². The lowest BCUT2D eigenvalue weighted by molar-refractivity contribution is 0.297. The summed E-state index contributed by atoms with van der Waals surface area (Å²) in [5.41, 5.74) is 8.34. The Kier molecular flexibility index (Phi) is 6.82. The number of hydrogen-bond acceptors (Lipinski definition) is 3. The largest absolute Gasteiger partial charge is 0.490 e. The second kappa shape index (κ2) is 9.30. The second-order valence-electron chi connectivity index (χ2n) is 6.92. The number of nitrogens with one attached hydrogen (secondary N) is 1. The molecule has 1 saturated carbocycles. The van der Waals surface area contributed by atoms with E-state index in [-0.39, 0.29) is 24.0 Å². The molecule has 5 nitrogen and oxygen atoms in total. The predicted octanol–water partition coefficient (Wildman–Crippen LogP) is 4.39. The van der Waals surface area contributed by atoms with Gasteiger partial charge in [-0.15, -0.1) is 24.0 Å². The lowest BCUT2D eigenvalue weighted by atomic mass is 9.94. The zero-order chi connectivity index (χ0) is 17.8. The van der Waals surface area contributed by atoms with Gasteiger partial charge >= 0.3 is 0 Å². The van der Waals surface area contributed by atoms with Crippen molar-refractivity contribution < 1.29 is 9.47 Å². The molecule has 2 aromatic rings. The molecule has 0 amide bonds. The lowest BCUT2D eigenvalue weighted by Gasteiger charge is -2.15. The average molecular weight is 479 g/mol. The lowest BCUT2D eigenvalue weighted by Crippen LogP contribution is -2.24. The van der Waals surface area contributed by atoms with Gasteiger partial charge in [0.1, 0.15) is 0 Å². The van der Waals surface area contributed by atoms with E-state index in [1.807, 2.05) is 18.2 Å². The molecule has 1 heterocycles. The molecule has 0 bridgehead atoms. The van der Waals surface area contributed by atoms with Crippen LogP contribution in [0.15, 0.2) is 53.5 Å². The molecule has 0 aromatic heterocycles. The molecule has 1 aliphatic heterocycles. The zero-order valence-electron chi connectivity index (χ0n) is 15.3. The molecule has 3 N–H and O–H groups in total. The number of benzene rings is 2. The van der Waals surface area contributed by atoms with Crippen LogP contribution in [0, 0.1) is 5.92 Å². The molecule has 1 aliphatic carbocycles. The Labute approximate surface area is 177 Å². The number of ether oxygens (including phenoxy) is 2. The van der Waals surface area contributed by atoms with Crippen LogP contribution in [0.4, 0.5) is 5.69 Å². The number of aliphatic imine (C=N–C) groups is 1. The van der Waals surface area contributed by atoms with E-state index >= 15 is 0 Å². The van der Waals surface area contributed by atoms with Crippen molar-refractivity contribution in [2.75, 3.05) is 25.1 Å². The van der Waals surface area contributed by atoms with Crippen molar-refractivity contribution in [2.45, 2.75) is 25.2 Å². The Morgan fingerprint density at radius 1 is 1.07 bits per heavy atom. The Morgan fingerprint density at radius 3 is 2.56 bits per heavy atom. The van der Waals surface area contributed by atoms with Crippen molar-refractivity contribution in [3.05, 3.63) is 54.1 Å². The Morgan fingerprint density at radius 2 is 1.81 bits per heavy atom. The van der Waals surface area contributed by atoms with Gasteiger partial charge in [-0.2, -0.15) is 0 Å². The summed E-state index contributed by atoms with van der Waals surface area (Å²) < 4.78 is 11.4. The van der Waals surface area contributed by atoms with Crippen LogP contribution in [-0.4, -0.2) is 25.7 Å². The summed E-state index contributed by atoms with van der Waals surface area (Å²) in [7, 11) is 0. The van der Waals surface area contributed by atoms with Crippen LogP contribution in [0.1, 0.15) is 30.7 Å². The fraction of sp³-hybridized carbons (Fsp3) is 0.381. The fourth-order valence-corrected chi connectivity index (χ4v) is 3.35. The van der Waals surface area contributed by atoms with Crippen LogP contribution in [0.2, 0.25) is 0 Å². The third-order valence-electron chi connectivity index (χ3n) is 4.90. The van der Waals surface area contributed by atoms with Gasteiger partial charge in [0, 0.05) is 30.6 Å². The van der Waals surface area contributed by atoms with Crippen molar-refractivity contribution in [3.8, 4) is 11.5 Å². The number of rotatable bonds is 5. The number of guanidine groups is 1. The number of anilines is 1. The van der Waals surface area contributed by atoms with E-state index < -0.39 is 0 Å². The number of nitrogens with two attached hydrogens (primary N) is 1. The number of fused-ring (bicyclic) bond motifs is 1. The number of halogens is 1. The van der Waals surface area contributed by atoms with Gasteiger partial charge in [-0.25, -0.2) is 0 Å². The first kappa shape index (κ1) is 19.8. The summed E-state index contributed by atoms with van der Waals surface area (Å²) in [4.78, 5) is 4.60. The van der Waals surface area contributed by atoms with Crippen molar-refractivity contribution >= 4 is 35.6 Å². The highest BCUT2D eigenvalue weighted by Crippen LogP contribution is 2.42. The molecule has 6 heteroatoms. The summed E-state index contributed by atoms with van der Waals surface area (Å²) in [6.07, 6.45) is 3.46. The zero-order valence-corrected chi connectivity index (χ0v) is 17.6. The molecular weight excluding hydrogens is 453 g/mol. The van der Waals surface area contributed by atoms with Gasteiger partial charge in [0.05, 0.1) is 13.2 Å². The van der Waals surface area contributed by atoms with E-state index in [0.29, 0.717) is 31.6 Å². The average Bonchev–Trinajstić information content (AvgIpc) is 3.50. The number of hydrogen-bond donors (Lipinski definition) is 2. The summed E-state index contributed by atoms with van der Waals surface area (Å²) in [5.74, 6) is 3.13. The quantitative estimate of drug-likeness (QED) is 0.380. The standard InChI is InChI=1S/C21H25N3O2.HI/c22-21(23-14-18(16-7-8-16)15-5-2-1-3-6-15)24-17-9-10-19-20(13-17)26-12-4-11-25-19;/h1-3,5-6,9-10,13,16,18H,4,7-8,11-12,14H2,(H3,22,23,24);1H. The highest BCUT2D eigenvalue weighted by atomic mass is 127. The fourth-order valence-electron chi connectivity index (χ4n) is 3.35.